The molecule has 7 nitrogen and oxygen atoms in total. The molecule has 0 radical (unpaired) electrons. The first-order valence-electron chi connectivity index (χ1n) is 6.84. The minimum atomic E-state index is -3.91. The number of rotatable bonds is 9. The Balaban J connectivity index is 2.93. The fraction of sp³-hybridized carbons (Fsp3) is 0.538. The molecule has 0 aliphatic heterocycles. The molecule has 3 N–H and O–H groups in total. The molecule has 0 saturated heterocycles. The summed E-state index contributed by atoms with van der Waals surface area (Å²) in [4.78, 5) is 14.9. The molecule has 0 spiro atoms. The van der Waals surface area contributed by atoms with Crippen LogP contribution in [0.4, 0.5) is 5.69 Å². The van der Waals surface area contributed by atoms with Gasteiger partial charge in [-0.1, -0.05) is 19.8 Å². The highest BCUT2D eigenvalue weighted by atomic mass is 32.2. The number of nitrogens with zero attached hydrogens (tertiary/aromatic N) is 1. The van der Waals surface area contributed by atoms with Crippen molar-refractivity contribution >= 4 is 21.7 Å². The first-order chi connectivity index (χ1) is 9.90. The molecule has 0 aromatic carbocycles. The van der Waals surface area contributed by atoms with Crippen molar-refractivity contribution in [2.45, 2.75) is 44.0 Å². The van der Waals surface area contributed by atoms with E-state index in [0.29, 0.717) is 18.7 Å². The monoisotopic (exact) mass is 315 g/mol. The molecule has 118 valence electrons. The van der Waals surface area contributed by atoms with Crippen LogP contribution < -0.4 is 10.0 Å². The molecule has 8 heteroatoms. The van der Waals surface area contributed by atoms with Crippen LogP contribution >= 0.6 is 0 Å². The van der Waals surface area contributed by atoms with Gasteiger partial charge >= 0.3 is 5.97 Å². The van der Waals surface area contributed by atoms with E-state index in [0.717, 1.165) is 6.42 Å². The lowest BCUT2D eigenvalue weighted by Crippen LogP contribution is -2.40. The minimum absolute atomic E-state index is 0.0521. The molecule has 1 unspecified atom stereocenters. The number of anilines is 1. The summed E-state index contributed by atoms with van der Waals surface area (Å²) < 4.78 is 26.7. The van der Waals surface area contributed by atoms with Gasteiger partial charge in [0, 0.05) is 12.7 Å². The highest BCUT2D eigenvalue weighted by Crippen LogP contribution is 2.14. The Hall–Kier alpha value is -1.67. The minimum Gasteiger partial charge on any atom is -0.480 e. The number of aliphatic carboxylic acids is 1. The summed E-state index contributed by atoms with van der Waals surface area (Å²) in [6.45, 7) is 4.43. The van der Waals surface area contributed by atoms with Gasteiger partial charge in [0.25, 0.3) is 0 Å². The lowest BCUT2D eigenvalue weighted by molar-refractivity contribution is -0.139. The normalized spacial score (nSPS) is 12.9. The Bertz CT molecular complexity index is 575. The van der Waals surface area contributed by atoms with Crippen molar-refractivity contribution in [3.05, 3.63) is 18.5 Å². The van der Waals surface area contributed by atoms with Gasteiger partial charge < -0.3 is 10.4 Å². The van der Waals surface area contributed by atoms with Crippen molar-refractivity contribution in [1.82, 2.24) is 9.71 Å². The highest BCUT2D eigenvalue weighted by Gasteiger charge is 2.25. The summed E-state index contributed by atoms with van der Waals surface area (Å²) in [7, 11) is -3.91. The molecule has 1 heterocycles. The number of carbonyl (C=O) groups is 1. The second-order valence-corrected chi connectivity index (χ2v) is 6.31. The van der Waals surface area contributed by atoms with Crippen LogP contribution in [0, 0.1) is 0 Å². The van der Waals surface area contributed by atoms with Gasteiger partial charge in [-0.05, 0) is 19.4 Å². The standard InChI is InChI=1S/C13H21N3O4S/c1-3-5-6-12(13(17)18)16-21(19,20)11-7-10(15-4-2)8-14-9-11/h7-9,12,15-16H,3-6H2,1-2H3,(H,17,18). The van der Waals surface area contributed by atoms with E-state index in [1.165, 1.54) is 18.5 Å². The lowest BCUT2D eigenvalue weighted by Gasteiger charge is -2.14. The maximum Gasteiger partial charge on any atom is 0.321 e. The van der Waals surface area contributed by atoms with E-state index in [9.17, 15) is 13.2 Å². The third-order valence-corrected chi connectivity index (χ3v) is 4.28. The molecular formula is C13H21N3O4S. The van der Waals surface area contributed by atoms with E-state index in [1.54, 1.807) is 0 Å². The topological polar surface area (TPSA) is 108 Å². The van der Waals surface area contributed by atoms with Gasteiger partial charge in [0.1, 0.15) is 10.9 Å². The number of aromatic nitrogens is 1. The Morgan fingerprint density at radius 1 is 1.38 bits per heavy atom. The molecule has 0 amide bonds. The Morgan fingerprint density at radius 2 is 2.10 bits per heavy atom. The van der Waals surface area contributed by atoms with Crippen LogP contribution in [-0.2, 0) is 14.8 Å². The van der Waals surface area contributed by atoms with Crippen LogP contribution in [-0.4, -0.2) is 37.1 Å². The predicted molar refractivity (Wildman–Crippen MR) is 79.7 cm³/mol. The van der Waals surface area contributed by atoms with Crippen LogP contribution in [0.1, 0.15) is 33.1 Å². The summed E-state index contributed by atoms with van der Waals surface area (Å²) in [6.07, 6.45) is 4.39. The van der Waals surface area contributed by atoms with Crippen LogP contribution in [0.3, 0.4) is 0 Å². The fourth-order valence-electron chi connectivity index (χ4n) is 1.76. The zero-order valence-electron chi connectivity index (χ0n) is 12.2. The highest BCUT2D eigenvalue weighted by molar-refractivity contribution is 7.89. The number of pyridine rings is 1. The molecule has 0 aliphatic rings. The molecular weight excluding hydrogens is 294 g/mol. The van der Waals surface area contributed by atoms with Gasteiger partial charge in [0.05, 0.1) is 11.9 Å². The SMILES string of the molecule is CCCCC(NS(=O)(=O)c1cncc(NCC)c1)C(=O)O. The van der Waals surface area contributed by atoms with E-state index < -0.39 is 22.0 Å². The maximum absolute atomic E-state index is 12.2. The molecule has 0 fully saturated rings. The summed E-state index contributed by atoms with van der Waals surface area (Å²) in [5.74, 6) is -1.18. The second-order valence-electron chi connectivity index (χ2n) is 4.59. The van der Waals surface area contributed by atoms with Gasteiger partial charge in [-0.25, -0.2) is 8.42 Å². The van der Waals surface area contributed by atoms with Crippen molar-refractivity contribution in [3.63, 3.8) is 0 Å². The van der Waals surface area contributed by atoms with Crippen LogP contribution in [0.5, 0.6) is 0 Å². The van der Waals surface area contributed by atoms with Crippen molar-refractivity contribution in [1.29, 1.82) is 0 Å². The summed E-state index contributed by atoms with van der Waals surface area (Å²) in [5, 5.41) is 12.1. The number of nitrogens with one attached hydrogen (secondary N) is 2. The van der Waals surface area contributed by atoms with Crippen molar-refractivity contribution < 1.29 is 18.3 Å². The number of carboxylic acid groups (broad SMARTS) is 1. The van der Waals surface area contributed by atoms with Crippen LogP contribution in [0.25, 0.3) is 0 Å². The third-order valence-electron chi connectivity index (χ3n) is 2.85. The fourth-order valence-corrected chi connectivity index (χ4v) is 2.97. The van der Waals surface area contributed by atoms with E-state index in [1.807, 2.05) is 13.8 Å². The van der Waals surface area contributed by atoms with Crippen molar-refractivity contribution in [3.8, 4) is 0 Å². The van der Waals surface area contributed by atoms with E-state index in [-0.39, 0.29) is 11.3 Å². The molecule has 21 heavy (non-hydrogen) atoms. The molecule has 0 bridgehead atoms. The second kappa shape index (κ2) is 7.94. The Kier molecular flexibility index (Phi) is 6.57. The molecule has 0 saturated carbocycles. The van der Waals surface area contributed by atoms with Gasteiger partial charge in [-0.3, -0.25) is 9.78 Å². The average molecular weight is 315 g/mol. The van der Waals surface area contributed by atoms with Gasteiger partial charge in [0.15, 0.2) is 0 Å². The number of unbranched alkanes of at least 4 members (excludes halogenated alkanes) is 1. The van der Waals surface area contributed by atoms with Gasteiger partial charge in [-0.15, -0.1) is 0 Å². The average Bonchev–Trinajstić information content (AvgIpc) is 2.44. The van der Waals surface area contributed by atoms with Crippen LogP contribution in [0.15, 0.2) is 23.4 Å². The zero-order chi connectivity index (χ0) is 15.9. The van der Waals surface area contributed by atoms with Gasteiger partial charge in [0.2, 0.25) is 10.0 Å². The summed E-state index contributed by atoms with van der Waals surface area (Å²) in [6, 6.07) is 0.301. The molecule has 1 aromatic rings. The summed E-state index contributed by atoms with van der Waals surface area (Å²) in [5.41, 5.74) is 0.570. The number of carboxylic acids is 1. The smallest absolute Gasteiger partial charge is 0.321 e. The summed E-state index contributed by atoms with van der Waals surface area (Å²) >= 11 is 0. The van der Waals surface area contributed by atoms with E-state index in [4.69, 9.17) is 5.11 Å². The quantitative estimate of drug-likeness (QED) is 0.636. The first-order valence-corrected chi connectivity index (χ1v) is 8.33. The number of hydrogen-bond acceptors (Lipinski definition) is 5. The van der Waals surface area contributed by atoms with Crippen LogP contribution in [0.2, 0.25) is 0 Å². The van der Waals surface area contributed by atoms with E-state index >= 15 is 0 Å². The van der Waals surface area contributed by atoms with Gasteiger partial charge in [-0.2, -0.15) is 4.72 Å². The molecule has 1 atom stereocenters. The zero-order valence-corrected chi connectivity index (χ0v) is 13.0. The first kappa shape index (κ1) is 17.4. The van der Waals surface area contributed by atoms with Crippen molar-refractivity contribution in [2.24, 2.45) is 0 Å². The van der Waals surface area contributed by atoms with Crippen molar-refractivity contribution in [2.75, 3.05) is 11.9 Å². The Labute approximate surface area is 124 Å². The third kappa shape index (κ3) is 5.31. The lowest BCUT2D eigenvalue weighted by atomic mass is 10.1. The Morgan fingerprint density at radius 3 is 2.67 bits per heavy atom. The number of sulfonamides is 1. The van der Waals surface area contributed by atoms with E-state index in [2.05, 4.69) is 15.0 Å². The molecule has 1 rings (SSSR count). The molecule has 0 aliphatic carbocycles. The largest absolute Gasteiger partial charge is 0.480 e. The maximum atomic E-state index is 12.2. The number of hydrogen-bond donors (Lipinski definition) is 3. The predicted octanol–water partition coefficient (Wildman–Crippen LogP) is 1.44. The molecule has 1 aromatic heterocycles.